The van der Waals surface area contributed by atoms with Gasteiger partial charge in [-0.3, -0.25) is 0 Å². The largest absolute Gasteiger partial charge is 0.465 e. The topological polar surface area (TPSA) is 84.6 Å². The first-order valence-electron chi connectivity index (χ1n) is 7.91. The average Bonchev–Trinajstić information content (AvgIpc) is 2.48. The van der Waals surface area contributed by atoms with Gasteiger partial charge in [-0.25, -0.2) is 9.18 Å². The third-order valence-corrected chi connectivity index (χ3v) is 3.82. The highest BCUT2D eigenvalue weighted by Crippen LogP contribution is 2.38. The Balaban J connectivity index is 2.40. The standard InChI is InChI=1S/C19H23FN2O3/c1-11-5-8-16(14(20)9-11)25-12-6-7-15(21)13(10-12)17(19(2,3)4)22-18(23)24/h5-10,17,22H,21H2,1-4H3,(H,23,24). The molecule has 0 radical (unpaired) electrons. The quantitative estimate of drug-likeness (QED) is 0.690. The van der Waals surface area contributed by atoms with Crippen LogP contribution in [0.5, 0.6) is 11.5 Å². The van der Waals surface area contributed by atoms with Gasteiger partial charge in [0.1, 0.15) is 5.75 Å². The van der Waals surface area contributed by atoms with E-state index < -0.39 is 23.4 Å². The van der Waals surface area contributed by atoms with Crippen LogP contribution in [0.2, 0.25) is 0 Å². The van der Waals surface area contributed by atoms with Gasteiger partial charge in [0, 0.05) is 11.3 Å². The molecule has 1 amide bonds. The number of carbonyl (C=O) groups is 1. The van der Waals surface area contributed by atoms with E-state index in [-0.39, 0.29) is 5.75 Å². The Labute approximate surface area is 146 Å². The number of nitrogen functional groups attached to an aromatic ring is 1. The van der Waals surface area contributed by atoms with E-state index in [9.17, 15) is 9.18 Å². The number of amides is 1. The molecule has 5 nitrogen and oxygen atoms in total. The molecule has 0 saturated heterocycles. The predicted molar refractivity (Wildman–Crippen MR) is 95.4 cm³/mol. The number of hydrogen-bond acceptors (Lipinski definition) is 3. The van der Waals surface area contributed by atoms with Crippen molar-refractivity contribution in [2.75, 3.05) is 5.73 Å². The zero-order valence-electron chi connectivity index (χ0n) is 14.8. The number of rotatable bonds is 4. The highest BCUT2D eigenvalue weighted by molar-refractivity contribution is 5.66. The first kappa shape index (κ1) is 18.6. The van der Waals surface area contributed by atoms with Crippen molar-refractivity contribution in [3.63, 3.8) is 0 Å². The minimum absolute atomic E-state index is 0.0971. The van der Waals surface area contributed by atoms with Crippen LogP contribution in [0.4, 0.5) is 14.9 Å². The van der Waals surface area contributed by atoms with E-state index in [2.05, 4.69) is 5.32 Å². The summed E-state index contributed by atoms with van der Waals surface area (Å²) < 4.78 is 19.6. The minimum Gasteiger partial charge on any atom is -0.465 e. The number of hydrogen-bond donors (Lipinski definition) is 3. The molecule has 0 aliphatic rings. The zero-order chi connectivity index (χ0) is 18.8. The molecule has 0 aliphatic carbocycles. The Kier molecular flexibility index (Phi) is 5.21. The summed E-state index contributed by atoms with van der Waals surface area (Å²) in [7, 11) is 0. The highest BCUT2D eigenvalue weighted by atomic mass is 19.1. The lowest BCUT2D eigenvalue weighted by Gasteiger charge is -2.32. The van der Waals surface area contributed by atoms with Gasteiger partial charge in [-0.05, 0) is 48.2 Å². The Hall–Kier alpha value is -2.76. The Bertz CT molecular complexity index is 785. The van der Waals surface area contributed by atoms with Crippen LogP contribution in [0.1, 0.15) is 37.9 Å². The summed E-state index contributed by atoms with van der Waals surface area (Å²) in [5.41, 5.74) is 7.44. The van der Waals surface area contributed by atoms with Crippen molar-refractivity contribution in [1.82, 2.24) is 5.32 Å². The van der Waals surface area contributed by atoms with Crippen LogP contribution in [0.3, 0.4) is 0 Å². The number of carboxylic acid groups (broad SMARTS) is 1. The maximum atomic E-state index is 14.0. The van der Waals surface area contributed by atoms with Gasteiger partial charge in [0.2, 0.25) is 0 Å². The number of nitrogens with two attached hydrogens (primary N) is 1. The van der Waals surface area contributed by atoms with Crippen LogP contribution in [0, 0.1) is 18.2 Å². The van der Waals surface area contributed by atoms with E-state index >= 15 is 0 Å². The molecule has 0 spiro atoms. The van der Waals surface area contributed by atoms with Crippen molar-refractivity contribution >= 4 is 11.8 Å². The van der Waals surface area contributed by atoms with E-state index in [4.69, 9.17) is 15.6 Å². The summed E-state index contributed by atoms with van der Waals surface area (Å²) in [4.78, 5) is 11.2. The van der Waals surface area contributed by atoms with Crippen LogP contribution < -0.4 is 15.8 Å². The molecule has 2 aromatic rings. The lowest BCUT2D eigenvalue weighted by atomic mass is 9.81. The molecule has 2 rings (SSSR count). The molecule has 6 heteroatoms. The van der Waals surface area contributed by atoms with Crippen LogP contribution in [0.25, 0.3) is 0 Å². The fourth-order valence-corrected chi connectivity index (χ4v) is 2.57. The fourth-order valence-electron chi connectivity index (χ4n) is 2.57. The molecule has 0 aromatic heterocycles. The van der Waals surface area contributed by atoms with Crippen LogP contribution in [-0.2, 0) is 0 Å². The maximum Gasteiger partial charge on any atom is 0.405 e. The van der Waals surface area contributed by atoms with Gasteiger partial charge in [0.05, 0.1) is 6.04 Å². The molecule has 0 heterocycles. The van der Waals surface area contributed by atoms with Crippen molar-refractivity contribution in [2.24, 2.45) is 5.41 Å². The molecular weight excluding hydrogens is 323 g/mol. The van der Waals surface area contributed by atoms with Crippen LogP contribution >= 0.6 is 0 Å². The average molecular weight is 346 g/mol. The van der Waals surface area contributed by atoms with E-state index in [1.54, 1.807) is 37.3 Å². The van der Waals surface area contributed by atoms with Crippen molar-refractivity contribution in [2.45, 2.75) is 33.7 Å². The van der Waals surface area contributed by atoms with E-state index in [0.29, 0.717) is 17.0 Å². The number of ether oxygens (including phenoxy) is 1. The second-order valence-corrected chi connectivity index (χ2v) is 7.08. The molecule has 1 atom stereocenters. The summed E-state index contributed by atoms with van der Waals surface area (Å²) in [6.07, 6.45) is -1.14. The molecule has 0 fully saturated rings. The summed E-state index contributed by atoms with van der Waals surface area (Å²) in [5, 5.41) is 11.6. The van der Waals surface area contributed by atoms with Gasteiger partial charge < -0.3 is 20.9 Å². The summed E-state index contributed by atoms with van der Waals surface area (Å²) in [6.45, 7) is 7.50. The first-order valence-corrected chi connectivity index (χ1v) is 7.91. The van der Waals surface area contributed by atoms with Gasteiger partial charge >= 0.3 is 6.09 Å². The van der Waals surface area contributed by atoms with E-state index in [0.717, 1.165) is 5.56 Å². The number of halogens is 1. The van der Waals surface area contributed by atoms with Crippen LogP contribution in [-0.4, -0.2) is 11.2 Å². The molecule has 0 aliphatic heterocycles. The normalized spacial score (nSPS) is 12.5. The number of nitrogens with one attached hydrogen (secondary N) is 1. The van der Waals surface area contributed by atoms with E-state index in [1.807, 2.05) is 20.8 Å². The molecule has 134 valence electrons. The van der Waals surface area contributed by atoms with E-state index in [1.165, 1.54) is 6.07 Å². The Morgan fingerprint density at radius 2 is 1.92 bits per heavy atom. The summed E-state index contributed by atoms with van der Waals surface area (Å²) in [6, 6.07) is 9.03. The molecule has 4 N–H and O–H groups in total. The van der Waals surface area contributed by atoms with Crippen LogP contribution in [0.15, 0.2) is 36.4 Å². The van der Waals surface area contributed by atoms with Crippen molar-refractivity contribution in [3.05, 3.63) is 53.3 Å². The van der Waals surface area contributed by atoms with Gasteiger partial charge in [0.15, 0.2) is 11.6 Å². The Morgan fingerprint density at radius 1 is 1.24 bits per heavy atom. The Morgan fingerprint density at radius 3 is 2.48 bits per heavy atom. The second-order valence-electron chi connectivity index (χ2n) is 7.08. The van der Waals surface area contributed by atoms with Crippen molar-refractivity contribution < 1.29 is 19.0 Å². The zero-order valence-corrected chi connectivity index (χ0v) is 14.8. The number of aryl methyl sites for hydroxylation is 1. The van der Waals surface area contributed by atoms with Gasteiger partial charge in [-0.1, -0.05) is 26.8 Å². The lowest BCUT2D eigenvalue weighted by molar-refractivity contribution is 0.175. The summed E-state index contributed by atoms with van der Waals surface area (Å²) >= 11 is 0. The molecular formula is C19H23FN2O3. The molecule has 25 heavy (non-hydrogen) atoms. The smallest absolute Gasteiger partial charge is 0.405 e. The van der Waals surface area contributed by atoms with Gasteiger partial charge in [0.25, 0.3) is 0 Å². The second kappa shape index (κ2) is 7.01. The van der Waals surface area contributed by atoms with Crippen molar-refractivity contribution in [1.29, 1.82) is 0 Å². The fraction of sp³-hybridized carbons (Fsp3) is 0.316. The van der Waals surface area contributed by atoms with Gasteiger partial charge in [-0.15, -0.1) is 0 Å². The number of anilines is 1. The highest BCUT2D eigenvalue weighted by Gasteiger charge is 2.29. The predicted octanol–water partition coefficient (Wildman–Crippen LogP) is 4.86. The third-order valence-electron chi connectivity index (χ3n) is 3.82. The first-order chi connectivity index (χ1) is 11.6. The monoisotopic (exact) mass is 346 g/mol. The maximum absolute atomic E-state index is 14.0. The molecule has 0 saturated carbocycles. The van der Waals surface area contributed by atoms with Crippen molar-refractivity contribution in [3.8, 4) is 11.5 Å². The molecule has 0 bridgehead atoms. The lowest BCUT2D eigenvalue weighted by Crippen LogP contribution is -2.36. The van der Waals surface area contributed by atoms with Gasteiger partial charge in [-0.2, -0.15) is 0 Å². The SMILES string of the molecule is Cc1ccc(Oc2ccc(N)c(C(NC(=O)O)C(C)(C)C)c2)c(F)c1. The third kappa shape index (κ3) is 4.62. The molecule has 2 aromatic carbocycles. The summed E-state index contributed by atoms with van der Waals surface area (Å²) in [5.74, 6) is 0.0163. The minimum atomic E-state index is -1.14. The number of benzene rings is 2. The molecule has 1 unspecified atom stereocenters.